The third-order valence-corrected chi connectivity index (χ3v) is 4.60. The minimum Gasteiger partial charge on any atom is -0.432 e. The Kier molecular flexibility index (Phi) is 5.91. The molecule has 0 radical (unpaired) electrons. The van der Waals surface area contributed by atoms with Crippen LogP contribution in [0.3, 0.4) is 0 Å². The van der Waals surface area contributed by atoms with Gasteiger partial charge in [0.15, 0.2) is 5.78 Å². The SMILES string of the molecule is C=CC(=O)c1ccc(OC(F)(F)C2CCC(CCC)CC2)cc1. The van der Waals surface area contributed by atoms with Crippen molar-refractivity contribution in [2.75, 3.05) is 0 Å². The number of ether oxygens (including phenoxy) is 1. The molecule has 0 unspecified atom stereocenters. The summed E-state index contributed by atoms with van der Waals surface area (Å²) in [6.45, 7) is 5.53. The number of ketones is 1. The third kappa shape index (κ3) is 4.63. The molecular weight excluding hydrogens is 298 g/mol. The van der Waals surface area contributed by atoms with Gasteiger partial charge in [-0.1, -0.05) is 26.3 Å². The van der Waals surface area contributed by atoms with Crippen LogP contribution in [0.15, 0.2) is 36.9 Å². The molecule has 0 bridgehead atoms. The van der Waals surface area contributed by atoms with Crippen LogP contribution >= 0.6 is 0 Å². The molecule has 1 aromatic carbocycles. The van der Waals surface area contributed by atoms with E-state index in [1.165, 1.54) is 30.3 Å². The van der Waals surface area contributed by atoms with Gasteiger partial charge < -0.3 is 4.74 Å². The Hall–Kier alpha value is -1.71. The summed E-state index contributed by atoms with van der Waals surface area (Å²) in [7, 11) is 0. The molecule has 0 heterocycles. The highest BCUT2D eigenvalue weighted by molar-refractivity contribution is 6.04. The Balaban J connectivity index is 1.95. The lowest BCUT2D eigenvalue weighted by molar-refractivity contribution is -0.223. The quantitative estimate of drug-likeness (QED) is 0.480. The Bertz CT molecular complexity index is 529. The van der Waals surface area contributed by atoms with Crippen molar-refractivity contribution in [2.45, 2.75) is 51.6 Å². The smallest absolute Gasteiger partial charge is 0.400 e. The van der Waals surface area contributed by atoms with Crippen molar-refractivity contribution in [3.05, 3.63) is 42.5 Å². The zero-order valence-electron chi connectivity index (χ0n) is 13.6. The van der Waals surface area contributed by atoms with Crippen LogP contribution in [0.2, 0.25) is 0 Å². The first-order valence-electron chi connectivity index (χ1n) is 8.30. The fraction of sp³-hybridized carbons (Fsp3) is 0.526. The van der Waals surface area contributed by atoms with Gasteiger partial charge in [0.1, 0.15) is 5.75 Å². The zero-order valence-corrected chi connectivity index (χ0v) is 13.6. The summed E-state index contributed by atoms with van der Waals surface area (Å²) in [4.78, 5) is 11.4. The molecule has 1 aromatic rings. The fourth-order valence-electron chi connectivity index (χ4n) is 3.24. The van der Waals surface area contributed by atoms with Crippen LogP contribution in [0.25, 0.3) is 0 Å². The number of carbonyl (C=O) groups is 1. The summed E-state index contributed by atoms with van der Waals surface area (Å²) >= 11 is 0. The van der Waals surface area contributed by atoms with E-state index >= 15 is 0 Å². The second-order valence-electron chi connectivity index (χ2n) is 6.26. The number of benzene rings is 1. The summed E-state index contributed by atoms with van der Waals surface area (Å²) in [5, 5.41) is 0. The van der Waals surface area contributed by atoms with Crippen molar-refractivity contribution in [3.63, 3.8) is 0 Å². The third-order valence-electron chi connectivity index (χ3n) is 4.60. The number of rotatable bonds is 7. The van der Waals surface area contributed by atoms with Crippen molar-refractivity contribution in [3.8, 4) is 5.75 Å². The van der Waals surface area contributed by atoms with E-state index in [9.17, 15) is 13.6 Å². The van der Waals surface area contributed by atoms with E-state index in [1.807, 2.05) is 0 Å². The first kappa shape index (κ1) is 17.6. The number of hydrogen-bond donors (Lipinski definition) is 0. The molecule has 2 rings (SSSR count). The van der Waals surface area contributed by atoms with Crippen LogP contribution < -0.4 is 4.74 Å². The maximum Gasteiger partial charge on any atom is 0.400 e. The van der Waals surface area contributed by atoms with Crippen LogP contribution in [0.1, 0.15) is 55.8 Å². The number of carbonyl (C=O) groups excluding carboxylic acids is 1. The maximum atomic E-state index is 14.3. The molecule has 4 heteroatoms. The monoisotopic (exact) mass is 322 g/mol. The Morgan fingerprint density at radius 2 is 1.87 bits per heavy atom. The van der Waals surface area contributed by atoms with Gasteiger partial charge in [0.05, 0.1) is 5.92 Å². The molecular formula is C19H24F2O2. The predicted molar refractivity (Wildman–Crippen MR) is 86.9 cm³/mol. The topological polar surface area (TPSA) is 26.3 Å². The lowest BCUT2D eigenvalue weighted by Crippen LogP contribution is -2.37. The number of alkyl halides is 2. The van der Waals surface area contributed by atoms with E-state index in [0.29, 0.717) is 24.3 Å². The van der Waals surface area contributed by atoms with Crippen molar-refractivity contribution >= 4 is 5.78 Å². The van der Waals surface area contributed by atoms with Gasteiger partial charge in [-0.25, -0.2) is 0 Å². The molecule has 0 atom stereocenters. The van der Waals surface area contributed by atoms with Gasteiger partial charge in [0.2, 0.25) is 0 Å². The molecule has 0 spiro atoms. The normalized spacial score (nSPS) is 21.7. The van der Waals surface area contributed by atoms with Crippen LogP contribution in [0, 0.1) is 11.8 Å². The van der Waals surface area contributed by atoms with Gasteiger partial charge >= 0.3 is 6.11 Å². The fourth-order valence-corrected chi connectivity index (χ4v) is 3.24. The standard InChI is InChI=1S/C19H24F2O2/c1-3-5-14-6-10-16(11-7-14)19(20,21)23-17-12-8-15(9-13-17)18(22)4-2/h4,8-9,12-14,16H,2-3,5-7,10-11H2,1H3. The molecule has 126 valence electrons. The second kappa shape index (κ2) is 7.71. The Labute approximate surface area is 136 Å². The number of allylic oxidation sites excluding steroid dienone is 1. The van der Waals surface area contributed by atoms with Gasteiger partial charge in [-0.2, -0.15) is 8.78 Å². The molecule has 0 saturated heterocycles. The first-order chi connectivity index (χ1) is 11.0. The molecule has 0 amide bonds. The highest BCUT2D eigenvalue weighted by Gasteiger charge is 2.43. The van der Waals surface area contributed by atoms with Crippen molar-refractivity contribution < 1.29 is 18.3 Å². The van der Waals surface area contributed by atoms with E-state index in [0.717, 1.165) is 25.7 Å². The Morgan fingerprint density at radius 1 is 1.26 bits per heavy atom. The molecule has 0 aliphatic heterocycles. The van der Waals surface area contributed by atoms with E-state index in [4.69, 9.17) is 4.74 Å². The minimum absolute atomic E-state index is 0.0892. The highest BCUT2D eigenvalue weighted by atomic mass is 19.3. The van der Waals surface area contributed by atoms with Crippen molar-refractivity contribution in [1.82, 2.24) is 0 Å². The van der Waals surface area contributed by atoms with Gasteiger partial charge in [-0.3, -0.25) is 4.79 Å². The van der Waals surface area contributed by atoms with Gasteiger partial charge in [-0.05, 0) is 61.9 Å². The number of hydrogen-bond acceptors (Lipinski definition) is 2. The van der Waals surface area contributed by atoms with E-state index in [-0.39, 0.29) is 11.5 Å². The summed E-state index contributed by atoms with van der Waals surface area (Å²) < 4.78 is 33.6. The van der Waals surface area contributed by atoms with Crippen molar-refractivity contribution in [1.29, 1.82) is 0 Å². The largest absolute Gasteiger partial charge is 0.432 e. The summed E-state index contributed by atoms with van der Waals surface area (Å²) in [5.41, 5.74) is 0.413. The molecule has 0 N–H and O–H groups in total. The first-order valence-corrected chi connectivity index (χ1v) is 8.30. The summed E-state index contributed by atoms with van der Waals surface area (Å²) in [6.07, 6.45) is 2.97. The van der Waals surface area contributed by atoms with Gasteiger partial charge in [-0.15, -0.1) is 0 Å². The van der Waals surface area contributed by atoms with Crippen LogP contribution in [-0.2, 0) is 0 Å². The van der Waals surface area contributed by atoms with Gasteiger partial charge in [0, 0.05) is 5.56 Å². The zero-order chi connectivity index (χ0) is 16.9. The molecule has 2 nitrogen and oxygen atoms in total. The lowest BCUT2D eigenvalue weighted by atomic mass is 9.79. The predicted octanol–water partition coefficient (Wildman–Crippen LogP) is 5.63. The minimum atomic E-state index is -3.17. The van der Waals surface area contributed by atoms with Gasteiger partial charge in [0.25, 0.3) is 0 Å². The second-order valence-corrected chi connectivity index (χ2v) is 6.26. The lowest BCUT2D eigenvalue weighted by Gasteiger charge is -2.33. The molecule has 1 fully saturated rings. The van der Waals surface area contributed by atoms with Crippen LogP contribution in [0.4, 0.5) is 8.78 Å². The average Bonchev–Trinajstić information content (AvgIpc) is 2.55. The molecule has 1 saturated carbocycles. The van der Waals surface area contributed by atoms with E-state index < -0.39 is 12.0 Å². The maximum absolute atomic E-state index is 14.3. The van der Waals surface area contributed by atoms with Crippen molar-refractivity contribution in [2.24, 2.45) is 11.8 Å². The van der Waals surface area contributed by atoms with Crippen LogP contribution in [-0.4, -0.2) is 11.9 Å². The van der Waals surface area contributed by atoms with E-state index in [1.54, 1.807) is 0 Å². The Morgan fingerprint density at radius 3 is 2.39 bits per heavy atom. The molecule has 0 aromatic heterocycles. The highest BCUT2D eigenvalue weighted by Crippen LogP contribution is 2.41. The summed E-state index contributed by atoms with van der Waals surface area (Å²) in [5.74, 6) is -0.301. The molecule has 1 aliphatic carbocycles. The molecule has 1 aliphatic rings. The average molecular weight is 322 g/mol. The summed E-state index contributed by atoms with van der Waals surface area (Å²) in [6, 6.07) is 5.78. The molecule has 23 heavy (non-hydrogen) atoms. The van der Waals surface area contributed by atoms with Crippen LogP contribution in [0.5, 0.6) is 5.75 Å². The van der Waals surface area contributed by atoms with E-state index in [2.05, 4.69) is 13.5 Å². The number of halogens is 2.